The van der Waals surface area contributed by atoms with E-state index in [1.807, 2.05) is 13.8 Å². The molecule has 1 N–H and O–H groups in total. The maximum absolute atomic E-state index is 12.2. The zero-order valence-electron chi connectivity index (χ0n) is 12.7. The first-order valence-corrected chi connectivity index (χ1v) is 8.89. The first-order chi connectivity index (χ1) is 8.86. The summed E-state index contributed by atoms with van der Waals surface area (Å²) in [7, 11) is -1.43. The zero-order chi connectivity index (χ0) is 14.5. The molecule has 1 heterocycles. The van der Waals surface area contributed by atoms with Gasteiger partial charge in [-0.25, -0.2) is 12.7 Å². The summed E-state index contributed by atoms with van der Waals surface area (Å²) in [6, 6.07) is 0.716. The second kappa shape index (κ2) is 7.57. The minimum absolute atomic E-state index is 0.181. The molecular formula is C13H29N3O2S. The van der Waals surface area contributed by atoms with Crippen LogP contribution in [0.15, 0.2) is 0 Å². The van der Waals surface area contributed by atoms with E-state index >= 15 is 0 Å². The highest BCUT2D eigenvalue weighted by Gasteiger charge is 2.27. The van der Waals surface area contributed by atoms with Crippen molar-refractivity contribution in [1.82, 2.24) is 14.5 Å². The fourth-order valence-electron chi connectivity index (χ4n) is 2.56. The lowest BCUT2D eigenvalue weighted by Crippen LogP contribution is -2.43. The van der Waals surface area contributed by atoms with Crippen molar-refractivity contribution in [3.63, 3.8) is 0 Å². The summed E-state index contributed by atoms with van der Waals surface area (Å²) in [6.07, 6.45) is 2.29. The van der Waals surface area contributed by atoms with Crippen molar-refractivity contribution in [1.29, 1.82) is 0 Å². The summed E-state index contributed by atoms with van der Waals surface area (Å²) in [4.78, 5) is 2.37. The maximum Gasteiger partial charge on any atom is 0.215 e. The van der Waals surface area contributed by atoms with Crippen LogP contribution in [-0.2, 0) is 10.0 Å². The van der Waals surface area contributed by atoms with Crippen LogP contribution in [-0.4, -0.2) is 68.7 Å². The molecule has 6 heteroatoms. The topological polar surface area (TPSA) is 52.7 Å². The lowest BCUT2D eigenvalue weighted by Gasteiger charge is -2.27. The Morgan fingerprint density at radius 2 is 2.11 bits per heavy atom. The zero-order valence-corrected chi connectivity index (χ0v) is 13.5. The second-order valence-corrected chi connectivity index (χ2v) is 7.83. The molecule has 1 fully saturated rings. The monoisotopic (exact) mass is 291 g/mol. The maximum atomic E-state index is 12.2. The van der Waals surface area contributed by atoms with Gasteiger partial charge in [-0.05, 0) is 25.9 Å². The molecule has 1 aliphatic heterocycles. The molecule has 0 saturated carbocycles. The number of rotatable bonds is 8. The van der Waals surface area contributed by atoms with E-state index < -0.39 is 10.0 Å². The Morgan fingerprint density at radius 1 is 1.42 bits per heavy atom. The summed E-state index contributed by atoms with van der Waals surface area (Å²) >= 11 is 0. The predicted octanol–water partition coefficient (Wildman–Crippen LogP) is 0.730. The average Bonchev–Trinajstić information content (AvgIpc) is 2.75. The van der Waals surface area contributed by atoms with Gasteiger partial charge in [-0.3, -0.25) is 4.90 Å². The minimum atomic E-state index is -3.13. The molecule has 0 radical (unpaired) electrons. The molecule has 0 amide bonds. The van der Waals surface area contributed by atoms with Crippen molar-refractivity contribution >= 4 is 10.0 Å². The van der Waals surface area contributed by atoms with Crippen LogP contribution in [0.2, 0.25) is 0 Å². The van der Waals surface area contributed by atoms with Gasteiger partial charge in [-0.2, -0.15) is 0 Å². The lowest BCUT2D eigenvalue weighted by molar-refractivity contribution is 0.237. The molecule has 0 bridgehead atoms. The van der Waals surface area contributed by atoms with Crippen LogP contribution < -0.4 is 5.32 Å². The van der Waals surface area contributed by atoms with Crippen molar-refractivity contribution in [2.75, 3.05) is 39.0 Å². The first-order valence-electron chi connectivity index (χ1n) is 7.28. The molecule has 1 aliphatic rings. The van der Waals surface area contributed by atoms with Crippen LogP contribution in [0.4, 0.5) is 0 Å². The molecule has 5 nitrogen and oxygen atoms in total. The predicted molar refractivity (Wildman–Crippen MR) is 79.8 cm³/mol. The molecule has 19 heavy (non-hydrogen) atoms. The van der Waals surface area contributed by atoms with Gasteiger partial charge in [0.1, 0.15) is 0 Å². The van der Waals surface area contributed by atoms with Gasteiger partial charge in [-0.15, -0.1) is 0 Å². The quantitative estimate of drug-likeness (QED) is 0.716. The van der Waals surface area contributed by atoms with Gasteiger partial charge in [0.2, 0.25) is 10.0 Å². The summed E-state index contributed by atoms with van der Waals surface area (Å²) < 4.78 is 25.9. The third-order valence-corrected chi connectivity index (χ3v) is 5.58. The van der Waals surface area contributed by atoms with Gasteiger partial charge in [0.05, 0.1) is 5.75 Å². The van der Waals surface area contributed by atoms with Gasteiger partial charge in [0.25, 0.3) is 0 Å². The van der Waals surface area contributed by atoms with Crippen LogP contribution in [0.3, 0.4) is 0 Å². The Labute approximate surface area is 118 Å². The molecule has 0 aromatic heterocycles. The van der Waals surface area contributed by atoms with Gasteiger partial charge in [-0.1, -0.05) is 20.8 Å². The Bertz CT molecular complexity index is 357. The number of nitrogens with zero attached hydrogens (tertiary/aromatic N) is 2. The number of hydrogen-bond acceptors (Lipinski definition) is 4. The number of likely N-dealkylation sites (tertiary alicyclic amines) is 1. The number of nitrogens with one attached hydrogen (secondary N) is 1. The standard InChI is InChI=1S/C13H29N3O2S/c1-5-16-9-6-7-13(16)11-15(4)19(17,18)10-8-14-12(2)3/h12-14H,5-11H2,1-4H3. The summed E-state index contributed by atoms with van der Waals surface area (Å²) in [5, 5.41) is 3.15. The van der Waals surface area contributed by atoms with E-state index in [-0.39, 0.29) is 5.75 Å². The van der Waals surface area contributed by atoms with Crippen LogP contribution in [0, 0.1) is 0 Å². The van der Waals surface area contributed by atoms with Crippen LogP contribution in [0.5, 0.6) is 0 Å². The molecule has 114 valence electrons. The van der Waals surface area contributed by atoms with Crippen LogP contribution >= 0.6 is 0 Å². The van der Waals surface area contributed by atoms with E-state index in [9.17, 15) is 8.42 Å². The fraction of sp³-hybridized carbons (Fsp3) is 1.00. The highest BCUT2D eigenvalue weighted by molar-refractivity contribution is 7.89. The smallest absolute Gasteiger partial charge is 0.215 e. The molecule has 0 aromatic rings. The SMILES string of the molecule is CCN1CCCC1CN(C)S(=O)(=O)CCNC(C)C. The van der Waals surface area contributed by atoms with Crippen molar-refractivity contribution in [3.8, 4) is 0 Å². The Kier molecular flexibility index (Phi) is 6.73. The average molecular weight is 291 g/mol. The van der Waals surface area contributed by atoms with E-state index in [0.717, 1.165) is 19.5 Å². The van der Waals surface area contributed by atoms with Crippen molar-refractivity contribution < 1.29 is 8.42 Å². The minimum Gasteiger partial charge on any atom is -0.313 e. The van der Waals surface area contributed by atoms with Crippen molar-refractivity contribution in [3.05, 3.63) is 0 Å². The molecule has 1 saturated heterocycles. The third kappa shape index (κ3) is 5.38. The Hall–Kier alpha value is -0.170. The van der Waals surface area contributed by atoms with Crippen LogP contribution in [0.1, 0.15) is 33.6 Å². The summed E-state index contributed by atoms with van der Waals surface area (Å²) in [6.45, 7) is 9.43. The van der Waals surface area contributed by atoms with Crippen molar-refractivity contribution in [2.24, 2.45) is 0 Å². The highest BCUT2D eigenvalue weighted by atomic mass is 32.2. The molecule has 1 unspecified atom stereocenters. The largest absolute Gasteiger partial charge is 0.313 e. The first kappa shape index (κ1) is 16.9. The third-order valence-electron chi connectivity index (χ3n) is 3.76. The van der Waals surface area contributed by atoms with Gasteiger partial charge >= 0.3 is 0 Å². The highest BCUT2D eigenvalue weighted by Crippen LogP contribution is 2.18. The Morgan fingerprint density at radius 3 is 2.68 bits per heavy atom. The van der Waals surface area contributed by atoms with E-state index in [4.69, 9.17) is 0 Å². The summed E-state index contributed by atoms with van der Waals surface area (Å²) in [5.74, 6) is 0.181. The summed E-state index contributed by atoms with van der Waals surface area (Å²) in [5.41, 5.74) is 0. The van der Waals surface area contributed by atoms with Gasteiger partial charge < -0.3 is 5.32 Å². The molecule has 1 atom stereocenters. The molecule has 0 spiro atoms. The second-order valence-electron chi connectivity index (χ2n) is 5.63. The van der Waals surface area contributed by atoms with E-state index in [1.54, 1.807) is 7.05 Å². The Balaban J connectivity index is 2.44. The van der Waals surface area contributed by atoms with Gasteiger partial charge in [0.15, 0.2) is 0 Å². The molecule has 0 aromatic carbocycles. The van der Waals surface area contributed by atoms with E-state index in [1.165, 1.54) is 10.7 Å². The molecule has 0 aliphatic carbocycles. The lowest BCUT2D eigenvalue weighted by atomic mass is 10.2. The van der Waals surface area contributed by atoms with E-state index in [2.05, 4.69) is 17.1 Å². The number of likely N-dealkylation sites (N-methyl/N-ethyl adjacent to an activating group) is 2. The fourth-order valence-corrected chi connectivity index (χ4v) is 3.65. The van der Waals surface area contributed by atoms with E-state index in [0.29, 0.717) is 25.2 Å². The number of sulfonamides is 1. The normalized spacial score (nSPS) is 21.7. The number of hydrogen-bond donors (Lipinski definition) is 1. The molecular weight excluding hydrogens is 262 g/mol. The van der Waals surface area contributed by atoms with Crippen molar-refractivity contribution in [2.45, 2.75) is 45.7 Å². The van der Waals surface area contributed by atoms with Crippen LogP contribution in [0.25, 0.3) is 0 Å². The van der Waals surface area contributed by atoms with Gasteiger partial charge in [0, 0.05) is 32.2 Å². The molecule has 1 rings (SSSR count).